The van der Waals surface area contributed by atoms with Gasteiger partial charge in [-0.15, -0.1) is 0 Å². The third-order valence-corrected chi connectivity index (χ3v) is 6.01. The fourth-order valence-electron chi connectivity index (χ4n) is 4.38. The maximum atomic E-state index is 12.9. The molecule has 2 fully saturated rings. The minimum absolute atomic E-state index is 0.0901. The van der Waals surface area contributed by atoms with E-state index in [1.54, 1.807) is 14.2 Å². The molecule has 2 aromatic rings. The topological polar surface area (TPSA) is 101 Å². The molecule has 0 saturated carbocycles. The van der Waals surface area contributed by atoms with Gasteiger partial charge in [0.15, 0.2) is 0 Å². The summed E-state index contributed by atoms with van der Waals surface area (Å²) in [5, 5.41) is 12.5. The Balaban J connectivity index is 1.75. The number of rotatable bonds is 7. The number of benzene rings is 2. The zero-order valence-electron chi connectivity index (χ0n) is 18.5. The van der Waals surface area contributed by atoms with E-state index in [1.165, 1.54) is 0 Å². The van der Waals surface area contributed by atoms with Crippen LogP contribution in [0.15, 0.2) is 36.4 Å². The number of ether oxygens (including phenoxy) is 2. The number of anilines is 2. The van der Waals surface area contributed by atoms with Crippen LogP contribution in [-0.2, 0) is 9.59 Å². The predicted molar refractivity (Wildman–Crippen MR) is 124 cm³/mol. The van der Waals surface area contributed by atoms with Crippen LogP contribution in [0.25, 0.3) is 11.1 Å². The molecule has 0 bridgehead atoms. The third-order valence-electron chi connectivity index (χ3n) is 6.01. The van der Waals surface area contributed by atoms with Crippen LogP contribution in [0.2, 0.25) is 0 Å². The lowest BCUT2D eigenvalue weighted by Gasteiger charge is -2.22. The average Bonchev–Trinajstić information content (AvgIpc) is 3.53. The van der Waals surface area contributed by atoms with Crippen molar-refractivity contribution in [1.82, 2.24) is 10.6 Å². The summed E-state index contributed by atoms with van der Waals surface area (Å²) in [5.41, 5.74) is 2.52. The molecule has 2 aliphatic rings. The lowest BCUT2D eigenvalue weighted by atomic mass is 9.98. The average molecular weight is 439 g/mol. The van der Waals surface area contributed by atoms with Crippen LogP contribution in [0.5, 0.6) is 11.5 Å². The predicted octanol–water partition coefficient (Wildman–Crippen LogP) is 2.75. The second-order valence-corrected chi connectivity index (χ2v) is 8.04. The second-order valence-electron chi connectivity index (χ2n) is 8.04. The molecule has 0 unspecified atom stereocenters. The van der Waals surface area contributed by atoms with Crippen molar-refractivity contribution in [3.05, 3.63) is 36.4 Å². The number of carbonyl (C=O) groups is 2. The van der Waals surface area contributed by atoms with Crippen LogP contribution in [0, 0.1) is 0 Å². The molecule has 2 aliphatic heterocycles. The molecule has 170 valence electrons. The van der Waals surface area contributed by atoms with Crippen LogP contribution >= 0.6 is 0 Å². The van der Waals surface area contributed by atoms with E-state index < -0.39 is 0 Å². The summed E-state index contributed by atoms with van der Waals surface area (Å²) in [6.45, 7) is 1.67. The minimum atomic E-state index is -0.223. The molecular formula is C24H30N4O4. The molecule has 2 saturated heterocycles. The second kappa shape index (κ2) is 10.0. The summed E-state index contributed by atoms with van der Waals surface area (Å²) in [5.74, 6) is 0.961. The maximum absolute atomic E-state index is 12.9. The van der Waals surface area contributed by atoms with Gasteiger partial charge in [0.05, 0.1) is 48.8 Å². The monoisotopic (exact) mass is 438 g/mol. The molecule has 0 aliphatic carbocycles. The summed E-state index contributed by atoms with van der Waals surface area (Å²) >= 11 is 0. The Morgan fingerprint density at radius 1 is 0.781 bits per heavy atom. The van der Waals surface area contributed by atoms with Gasteiger partial charge >= 0.3 is 0 Å². The van der Waals surface area contributed by atoms with Crippen molar-refractivity contribution < 1.29 is 19.1 Å². The molecule has 2 aromatic carbocycles. The third kappa shape index (κ3) is 4.56. The van der Waals surface area contributed by atoms with Crippen LogP contribution in [0.1, 0.15) is 25.7 Å². The Bertz CT molecular complexity index is 902. The highest BCUT2D eigenvalue weighted by Crippen LogP contribution is 2.45. The molecule has 0 spiro atoms. The van der Waals surface area contributed by atoms with Gasteiger partial charge in [-0.3, -0.25) is 9.59 Å². The van der Waals surface area contributed by atoms with Gasteiger partial charge in [-0.05, 0) is 63.0 Å². The summed E-state index contributed by atoms with van der Waals surface area (Å²) in [6.07, 6.45) is 3.55. The standard InChI is InChI=1S/C24H30N4O4/c1-31-19-11-3-7-15(27-23(29)17-9-5-13-25-17)21(19)22-16(8-4-12-20(22)32-2)28-24(30)18-10-6-14-26-18/h3-4,7-8,11-12,17-18,25-26H,5-6,9-10,13-14H2,1-2H3,(H,27,29)(H,28,30)/t17-,18-/m1/s1. The number of hydrogen-bond donors (Lipinski definition) is 4. The van der Waals surface area contributed by atoms with Gasteiger partial charge < -0.3 is 30.7 Å². The van der Waals surface area contributed by atoms with Gasteiger partial charge in [0.25, 0.3) is 0 Å². The molecule has 2 heterocycles. The van der Waals surface area contributed by atoms with Crippen LogP contribution in [-0.4, -0.2) is 51.2 Å². The molecule has 8 heteroatoms. The van der Waals surface area contributed by atoms with Gasteiger partial charge in [0.2, 0.25) is 11.8 Å². The Labute approximate surface area is 188 Å². The minimum Gasteiger partial charge on any atom is -0.496 e. The first-order valence-corrected chi connectivity index (χ1v) is 11.0. The highest BCUT2D eigenvalue weighted by Gasteiger charge is 2.27. The van der Waals surface area contributed by atoms with Crippen molar-refractivity contribution in [1.29, 1.82) is 0 Å². The first-order valence-electron chi connectivity index (χ1n) is 11.0. The zero-order chi connectivity index (χ0) is 22.5. The fraction of sp³-hybridized carbons (Fsp3) is 0.417. The normalized spacial score (nSPS) is 20.1. The number of nitrogens with one attached hydrogen (secondary N) is 4. The maximum Gasteiger partial charge on any atom is 0.241 e. The highest BCUT2D eigenvalue weighted by molar-refractivity contribution is 6.05. The van der Waals surface area contributed by atoms with E-state index in [2.05, 4.69) is 21.3 Å². The number of hydrogen-bond acceptors (Lipinski definition) is 6. The lowest BCUT2D eigenvalue weighted by Crippen LogP contribution is -2.36. The molecule has 4 rings (SSSR count). The lowest BCUT2D eigenvalue weighted by molar-refractivity contribution is -0.118. The number of carbonyl (C=O) groups excluding carboxylic acids is 2. The quantitative estimate of drug-likeness (QED) is 0.530. The van der Waals surface area contributed by atoms with Crippen LogP contribution < -0.4 is 30.7 Å². The Morgan fingerprint density at radius 2 is 1.22 bits per heavy atom. The zero-order valence-corrected chi connectivity index (χ0v) is 18.5. The molecule has 0 aromatic heterocycles. The van der Waals surface area contributed by atoms with E-state index in [0.29, 0.717) is 34.0 Å². The van der Waals surface area contributed by atoms with Crippen molar-refractivity contribution in [3.8, 4) is 22.6 Å². The van der Waals surface area contributed by atoms with Crippen molar-refractivity contribution >= 4 is 23.2 Å². The van der Waals surface area contributed by atoms with E-state index in [1.807, 2.05) is 36.4 Å². The summed E-state index contributed by atoms with van der Waals surface area (Å²) in [4.78, 5) is 25.7. The largest absolute Gasteiger partial charge is 0.496 e. The van der Waals surface area contributed by atoms with Crippen molar-refractivity contribution in [2.24, 2.45) is 0 Å². The molecule has 8 nitrogen and oxygen atoms in total. The summed E-state index contributed by atoms with van der Waals surface area (Å²) < 4.78 is 11.3. The first kappa shape index (κ1) is 22.1. The number of amides is 2. The van der Waals surface area contributed by atoms with E-state index in [9.17, 15) is 9.59 Å². The van der Waals surface area contributed by atoms with Gasteiger partial charge in [0, 0.05) is 0 Å². The molecule has 32 heavy (non-hydrogen) atoms. The van der Waals surface area contributed by atoms with Crippen molar-refractivity contribution in [3.63, 3.8) is 0 Å². The Hall–Kier alpha value is -3.10. The fourth-order valence-corrected chi connectivity index (χ4v) is 4.38. The van der Waals surface area contributed by atoms with E-state index in [4.69, 9.17) is 9.47 Å². The van der Waals surface area contributed by atoms with E-state index in [0.717, 1.165) is 38.8 Å². The van der Waals surface area contributed by atoms with Crippen LogP contribution in [0.3, 0.4) is 0 Å². The number of methoxy groups -OCH3 is 2. The summed E-state index contributed by atoms with van der Waals surface area (Å²) in [6, 6.07) is 10.5. The molecule has 0 radical (unpaired) electrons. The SMILES string of the molecule is COc1cccc(NC(=O)[C@H]2CCCN2)c1-c1c(NC(=O)[C@H]2CCCN2)cccc1OC. The van der Waals surface area contributed by atoms with Crippen molar-refractivity contribution in [2.75, 3.05) is 37.9 Å². The molecular weight excluding hydrogens is 408 g/mol. The summed E-state index contributed by atoms with van der Waals surface area (Å²) in [7, 11) is 3.16. The van der Waals surface area contributed by atoms with E-state index >= 15 is 0 Å². The van der Waals surface area contributed by atoms with Gasteiger partial charge in [-0.2, -0.15) is 0 Å². The Kier molecular flexibility index (Phi) is 6.92. The Morgan fingerprint density at radius 3 is 1.56 bits per heavy atom. The van der Waals surface area contributed by atoms with Crippen molar-refractivity contribution in [2.45, 2.75) is 37.8 Å². The van der Waals surface area contributed by atoms with Crippen LogP contribution in [0.4, 0.5) is 11.4 Å². The van der Waals surface area contributed by atoms with Gasteiger partial charge in [-0.1, -0.05) is 12.1 Å². The highest BCUT2D eigenvalue weighted by atomic mass is 16.5. The van der Waals surface area contributed by atoms with Gasteiger partial charge in [-0.25, -0.2) is 0 Å². The smallest absolute Gasteiger partial charge is 0.241 e. The molecule has 2 atom stereocenters. The first-order chi connectivity index (χ1) is 15.6. The van der Waals surface area contributed by atoms with Gasteiger partial charge in [0.1, 0.15) is 11.5 Å². The molecule has 4 N–H and O–H groups in total. The molecule has 2 amide bonds. The van der Waals surface area contributed by atoms with E-state index in [-0.39, 0.29) is 23.9 Å².